The highest BCUT2D eigenvalue weighted by Gasteiger charge is 2.20. The fourth-order valence-electron chi connectivity index (χ4n) is 1.53. The van der Waals surface area contributed by atoms with E-state index in [1.54, 1.807) is 6.92 Å². The highest BCUT2D eigenvalue weighted by atomic mass is 19.3. The van der Waals surface area contributed by atoms with Crippen LogP contribution in [0, 0.1) is 6.92 Å². The number of aryl methyl sites for hydroxylation is 1. The van der Waals surface area contributed by atoms with Crippen molar-refractivity contribution in [3.05, 3.63) is 28.6 Å². The Hall–Kier alpha value is -1.56. The van der Waals surface area contributed by atoms with Crippen LogP contribution in [0.2, 0.25) is 0 Å². The Morgan fingerprint density at radius 1 is 1.62 bits per heavy atom. The first kappa shape index (κ1) is 12.5. The third kappa shape index (κ3) is 2.73. The second kappa shape index (κ2) is 4.98. The van der Waals surface area contributed by atoms with Crippen molar-refractivity contribution in [3.8, 4) is 0 Å². The smallest absolute Gasteiger partial charge is 0.309 e. The summed E-state index contributed by atoms with van der Waals surface area (Å²) in [7, 11) is 0. The summed E-state index contributed by atoms with van der Waals surface area (Å²) in [5.74, 6) is -1.19. The normalized spacial score (nSPS) is 10.8. The van der Waals surface area contributed by atoms with Gasteiger partial charge in [0.25, 0.3) is 6.43 Å². The lowest BCUT2D eigenvalue weighted by Crippen LogP contribution is -2.12. The van der Waals surface area contributed by atoms with Gasteiger partial charge in [-0.25, -0.2) is 8.78 Å². The van der Waals surface area contributed by atoms with Crippen molar-refractivity contribution in [1.29, 1.82) is 0 Å². The first-order valence-electron chi connectivity index (χ1n) is 4.65. The summed E-state index contributed by atoms with van der Waals surface area (Å²) < 4.78 is 25.5. The maximum Gasteiger partial charge on any atom is 0.309 e. The third-order valence-corrected chi connectivity index (χ3v) is 2.11. The van der Waals surface area contributed by atoms with Gasteiger partial charge in [0, 0.05) is 17.8 Å². The fraction of sp³-hybridized carbons (Fsp3) is 0.400. The van der Waals surface area contributed by atoms with E-state index < -0.39 is 18.8 Å². The summed E-state index contributed by atoms with van der Waals surface area (Å²) in [5, 5.41) is 8.61. The molecule has 88 valence electrons. The predicted octanol–water partition coefficient (Wildman–Crippen LogP) is 1.41. The Balaban J connectivity index is 3.32. The molecule has 3 N–H and O–H groups in total. The van der Waals surface area contributed by atoms with Gasteiger partial charge in [0.05, 0.1) is 12.1 Å². The molecule has 0 radical (unpaired) electrons. The Morgan fingerprint density at radius 2 is 2.25 bits per heavy atom. The molecule has 0 spiro atoms. The van der Waals surface area contributed by atoms with E-state index in [0.29, 0.717) is 5.69 Å². The molecule has 0 aliphatic carbocycles. The molecule has 0 amide bonds. The molecule has 4 nitrogen and oxygen atoms in total. The van der Waals surface area contributed by atoms with Gasteiger partial charge in [0.2, 0.25) is 0 Å². The number of rotatable bonds is 4. The number of carboxylic acid groups (broad SMARTS) is 1. The van der Waals surface area contributed by atoms with Crippen molar-refractivity contribution in [2.24, 2.45) is 5.73 Å². The fourth-order valence-corrected chi connectivity index (χ4v) is 1.53. The van der Waals surface area contributed by atoms with Gasteiger partial charge < -0.3 is 10.8 Å². The van der Waals surface area contributed by atoms with E-state index in [0.717, 1.165) is 0 Å². The molecule has 1 heterocycles. The van der Waals surface area contributed by atoms with Crippen LogP contribution >= 0.6 is 0 Å². The number of alkyl halides is 2. The molecule has 6 heteroatoms. The molecule has 1 rings (SSSR count). The Labute approximate surface area is 91.1 Å². The molecule has 0 saturated heterocycles. The number of nitrogens with two attached hydrogens (primary N) is 1. The summed E-state index contributed by atoms with van der Waals surface area (Å²) in [4.78, 5) is 14.4. The summed E-state index contributed by atoms with van der Waals surface area (Å²) in [5.41, 5.74) is 5.62. The quantitative estimate of drug-likeness (QED) is 0.820. The van der Waals surface area contributed by atoms with Gasteiger partial charge in [-0.1, -0.05) is 0 Å². The minimum absolute atomic E-state index is 0.0599. The summed E-state index contributed by atoms with van der Waals surface area (Å²) in [6, 6.07) is 1.45. The minimum atomic E-state index is -2.76. The van der Waals surface area contributed by atoms with Gasteiger partial charge in [-0.3, -0.25) is 9.78 Å². The number of nitrogens with zero attached hydrogens (tertiary/aromatic N) is 1. The van der Waals surface area contributed by atoms with Crippen LogP contribution in [-0.4, -0.2) is 16.1 Å². The third-order valence-electron chi connectivity index (χ3n) is 2.11. The maximum absolute atomic E-state index is 12.8. The van der Waals surface area contributed by atoms with Gasteiger partial charge >= 0.3 is 5.97 Å². The molecule has 0 aliphatic rings. The molecule has 0 aliphatic heterocycles. The molecular formula is C10H12F2N2O2. The lowest BCUT2D eigenvalue weighted by molar-refractivity contribution is -0.136. The molecule has 0 saturated carbocycles. The van der Waals surface area contributed by atoms with Gasteiger partial charge in [-0.05, 0) is 18.6 Å². The topological polar surface area (TPSA) is 76.2 Å². The molecule has 1 aromatic heterocycles. The maximum atomic E-state index is 12.8. The van der Waals surface area contributed by atoms with Crippen LogP contribution in [0.25, 0.3) is 0 Å². The number of halogens is 2. The van der Waals surface area contributed by atoms with Crippen molar-refractivity contribution in [2.45, 2.75) is 26.3 Å². The van der Waals surface area contributed by atoms with Crippen molar-refractivity contribution in [2.75, 3.05) is 0 Å². The summed E-state index contributed by atoms with van der Waals surface area (Å²) >= 11 is 0. The first-order chi connectivity index (χ1) is 7.45. The molecule has 0 unspecified atom stereocenters. The Kier molecular flexibility index (Phi) is 3.89. The number of carboxylic acids is 1. The van der Waals surface area contributed by atoms with Gasteiger partial charge in [0.1, 0.15) is 0 Å². The number of aromatic nitrogens is 1. The van der Waals surface area contributed by atoms with E-state index in [2.05, 4.69) is 4.98 Å². The van der Waals surface area contributed by atoms with Crippen LogP contribution in [0.3, 0.4) is 0 Å². The number of carbonyl (C=O) groups is 1. The Bertz CT molecular complexity index is 408. The average molecular weight is 230 g/mol. The van der Waals surface area contributed by atoms with Crippen molar-refractivity contribution in [3.63, 3.8) is 0 Å². The van der Waals surface area contributed by atoms with Gasteiger partial charge in [0.15, 0.2) is 0 Å². The first-order valence-corrected chi connectivity index (χ1v) is 4.65. The zero-order valence-electron chi connectivity index (χ0n) is 8.70. The average Bonchev–Trinajstić information content (AvgIpc) is 2.14. The van der Waals surface area contributed by atoms with E-state index in [-0.39, 0.29) is 23.4 Å². The highest BCUT2D eigenvalue weighted by molar-refractivity contribution is 5.70. The van der Waals surface area contributed by atoms with E-state index in [9.17, 15) is 13.6 Å². The van der Waals surface area contributed by atoms with E-state index in [4.69, 9.17) is 10.8 Å². The number of hydrogen-bond acceptors (Lipinski definition) is 3. The predicted molar refractivity (Wildman–Crippen MR) is 53.2 cm³/mol. The van der Waals surface area contributed by atoms with E-state index in [1.165, 1.54) is 6.07 Å². The number of hydrogen-bond donors (Lipinski definition) is 2. The lowest BCUT2D eigenvalue weighted by atomic mass is 10.0. The lowest BCUT2D eigenvalue weighted by Gasteiger charge is -2.12. The number of pyridine rings is 1. The minimum Gasteiger partial charge on any atom is -0.481 e. The largest absolute Gasteiger partial charge is 0.481 e. The second-order valence-electron chi connectivity index (χ2n) is 3.36. The molecule has 0 atom stereocenters. The monoisotopic (exact) mass is 230 g/mol. The van der Waals surface area contributed by atoms with Crippen molar-refractivity contribution < 1.29 is 18.7 Å². The van der Waals surface area contributed by atoms with Gasteiger partial charge in [-0.2, -0.15) is 0 Å². The zero-order chi connectivity index (χ0) is 12.3. The van der Waals surface area contributed by atoms with E-state index in [1.807, 2.05) is 0 Å². The molecule has 1 aromatic rings. The number of aliphatic carboxylic acids is 1. The molecule has 16 heavy (non-hydrogen) atoms. The second-order valence-corrected chi connectivity index (χ2v) is 3.36. The summed E-state index contributed by atoms with van der Waals surface area (Å²) in [6.07, 6.45) is -3.28. The van der Waals surface area contributed by atoms with Crippen LogP contribution in [0.15, 0.2) is 6.07 Å². The van der Waals surface area contributed by atoms with E-state index >= 15 is 0 Å². The Morgan fingerprint density at radius 3 is 2.69 bits per heavy atom. The van der Waals surface area contributed by atoms with Crippen LogP contribution in [-0.2, 0) is 17.8 Å². The molecule has 0 aromatic carbocycles. The van der Waals surface area contributed by atoms with Crippen molar-refractivity contribution in [1.82, 2.24) is 4.98 Å². The van der Waals surface area contributed by atoms with Gasteiger partial charge in [-0.15, -0.1) is 0 Å². The van der Waals surface area contributed by atoms with Crippen molar-refractivity contribution >= 4 is 5.97 Å². The summed E-state index contributed by atoms with van der Waals surface area (Å²) in [6.45, 7) is 1.55. The molecule has 0 bridgehead atoms. The SMILES string of the molecule is Cc1cc(CN)c(C(F)F)c(CC(=O)O)n1. The highest BCUT2D eigenvalue weighted by Crippen LogP contribution is 2.26. The van der Waals surface area contributed by atoms with Crippen LogP contribution in [0.1, 0.15) is 28.9 Å². The molecular weight excluding hydrogens is 218 g/mol. The van der Waals surface area contributed by atoms with Crippen LogP contribution in [0.5, 0.6) is 0 Å². The van der Waals surface area contributed by atoms with Crippen LogP contribution < -0.4 is 5.73 Å². The molecule has 0 fully saturated rings. The van der Waals surface area contributed by atoms with Crippen LogP contribution in [0.4, 0.5) is 8.78 Å². The zero-order valence-corrected chi connectivity index (χ0v) is 8.70. The standard InChI is InChI=1S/C10H12F2N2O2/c1-5-2-6(4-13)9(10(11)12)7(14-5)3-8(15)16/h2,10H,3-4,13H2,1H3,(H,15,16).